The number of rotatable bonds is 5. The molecule has 1 atom stereocenters. The maximum Gasteiger partial charge on any atom is 0.160 e. The molecule has 2 rings (SSSR count). The lowest BCUT2D eigenvalue weighted by atomic mass is 10.0. The Morgan fingerprint density at radius 3 is 2.48 bits per heavy atom. The predicted molar refractivity (Wildman–Crippen MR) is 89.0 cm³/mol. The van der Waals surface area contributed by atoms with Crippen LogP contribution in [-0.2, 0) is 6.42 Å². The molecule has 112 valence electrons. The number of hydrogen-bond donors (Lipinski definition) is 0. The molecule has 2 aromatic rings. The minimum absolute atomic E-state index is 0.117. The van der Waals surface area contributed by atoms with Crippen LogP contribution >= 0.6 is 31.9 Å². The first-order valence-corrected chi connectivity index (χ1v) is 8.06. The summed E-state index contributed by atoms with van der Waals surface area (Å²) in [6.45, 7) is 0. The Labute approximate surface area is 140 Å². The van der Waals surface area contributed by atoms with Crippen molar-refractivity contribution < 1.29 is 13.9 Å². The normalized spacial score (nSPS) is 12.0. The van der Waals surface area contributed by atoms with Gasteiger partial charge in [0.05, 0.1) is 18.7 Å². The Morgan fingerprint density at radius 1 is 1.10 bits per heavy atom. The van der Waals surface area contributed by atoms with Crippen molar-refractivity contribution in [2.75, 3.05) is 14.2 Å². The highest BCUT2D eigenvalue weighted by atomic mass is 79.9. The monoisotopic (exact) mass is 416 g/mol. The van der Waals surface area contributed by atoms with E-state index in [1.807, 2.05) is 24.3 Å². The molecule has 0 saturated heterocycles. The first-order valence-electron chi connectivity index (χ1n) is 6.35. The molecule has 5 heteroatoms. The van der Waals surface area contributed by atoms with Crippen LogP contribution in [0.4, 0.5) is 4.39 Å². The lowest BCUT2D eigenvalue weighted by Gasteiger charge is -2.14. The molecule has 21 heavy (non-hydrogen) atoms. The first kappa shape index (κ1) is 16.3. The molecule has 0 aliphatic rings. The van der Waals surface area contributed by atoms with E-state index in [9.17, 15) is 4.39 Å². The quantitative estimate of drug-likeness (QED) is 0.615. The van der Waals surface area contributed by atoms with E-state index in [0.29, 0.717) is 28.0 Å². The van der Waals surface area contributed by atoms with Crippen LogP contribution in [0.2, 0.25) is 0 Å². The summed E-state index contributed by atoms with van der Waals surface area (Å²) in [6.07, 6.45) is 0.647. The molecule has 0 bridgehead atoms. The smallest absolute Gasteiger partial charge is 0.160 e. The highest BCUT2D eigenvalue weighted by molar-refractivity contribution is 9.10. The molecule has 0 aliphatic carbocycles. The molecule has 0 N–H and O–H groups in total. The average molecular weight is 418 g/mol. The van der Waals surface area contributed by atoms with E-state index in [-0.39, 0.29) is 10.6 Å². The average Bonchev–Trinajstić information content (AvgIpc) is 2.49. The van der Waals surface area contributed by atoms with Crippen LogP contribution in [-0.4, -0.2) is 14.2 Å². The zero-order valence-corrected chi connectivity index (χ0v) is 14.9. The summed E-state index contributed by atoms with van der Waals surface area (Å²) in [5.74, 6) is 1.12. The van der Waals surface area contributed by atoms with Crippen LogP contribution in [0.15, 0.2) is 40.9 Å². The molecule has 2 aromatic carbocycles. The SMILES string of the molecule is COc1ccc(CC(Br)c2cccc(Br)c2F)cc1OC. The molecular weight excluding hydrogens is 403 g/mol. The zero-order chi connectivity index (χ0) is 15.4. The topological polar surface area (TPSA) is 18.5 Å². The molecule has 0 aromatic heterocycles. The molecule has 0 saturated carbocycles. The molecule has 0 amide bonds. The standard InChI is InChI=1S/C16H15Br2FO2/c1-20-14-7-6-10(9-15(14)21-2)8-13(18)11-4-3-5-12(17)16(11)19/h3-7,9,13H,8H2,1-2H3. The number of halogens is 3. The number of ether oxygens (including phenoxy) is 2. The maximum absolute atomic E-state index is 14.1. The largest absolute Gasteiger partial charge is 0.493 e. The summed E-state index contributed by atoms with van der Waals surface area (Å²) in [4.78, 5) is -0.117. The second-order valence-electron chi connectivity index (χ2n) is 4.50. The number of hydrogen-bond acceptors (Lipinski definition) is 2. The Kier molecular flexibility index (Phi) is 5.65. The third-order valence-electron chi connectivity index (χ3n) is 3.18. The van der Waals surface area contributed by atoms with E-state index >= 15 is 0 Å². The van der Waals surface area contributed by atoms with Crippen molar-refractivity contribution in [2.45, 2.75) is 11.2 Å². The van der Waals surface area contributed by atoms with Crippen LogP contribution in [0.5, 0.6) is 11.5 Å². The molecular formula is C16H15Br2FO2. The molecule has 0 fully saturated rings. The molecule has 2 nitrogen and oxygen atoms in total. The molecule has 1 unspecified atom stereocenters. The summed E-state index contributed by atoms with van der Waals surface area (Å²) in [6, 6.07) is 11.0. The Balaban J connectivity index is 2.23. The van der Waals surface area contributed by atoms with Gasteiger partial charge in [-0.1, -0.05) is 34.1 Å². The fraction of sp³-hybridized carbons (Fsp3) is 0.250. The van der Waals surface area contributed by atoms with Gasteiger partial charge < -0.3 is 9.47 Å². The highest BCUT2D eigenvalue weighted by Gasteiger charge is 2.16. The van der Waals surface area contributed by atoms with E-state index in [1.165, 1.54) is 0 Å². The minimum Gasteiger partial charge on any atom is -0.493 e. The Morgan fingerprint density at radius 2 is 1.81 bits per heavy atom. The van der Waals surface area contributed by atoms with E-state index in [2.05, 4.69) is 31.9 Å². The van der Waals surface area contributed by atoms with Crippen molar-refractivity contribution in [3.8, 4) is 11.5 Å². The van der Waals surface area contributed by atoms with Crippen molar-refractivity contribution in [3.63, 3.8) is 0 Å². The van der Waals surface area contributed by atoms with Gasteiger partial charge in [-0.25, -0.2) is 4.39 Å². The lowest BCUT2D eigenvalue weighted by molar-refractivity contribution is 0.354. The lowest BCUT2D eigenvalue weighted by Crippen LogP contribution is -2.00. The fourth-order valence-corrected chi connectivity index (χ4v) is 3.20. The fourth-order valence-electron chi connectivity index (χ4n) is 2.09. The van der Waals surface area contributed by atoms with Gasteiger partial charge in [0.1, 0.15) is 5.82 Å². The predicted octanol–water partition coefficient (Wildman–Crippen LogP) is 5.28. The summed E-state index contributed by atoms with van der Waals surface area (Å²) in [7, 11) is 3.20. The highest BCUT2D eigenvalue weighted by Crippen LogP contribution is 2.34. The van der Waals surface area contributed by atoms with Gasteiger partial charge in [0, 0.05) is 10.4 Å². The van der Waals surface area contributed by atoms with Gasteiger partial charge in [-0.3, -0.25) is 0 Å². The molecule has 0 heterocycles. The number of alkyl halides is 1. The minimum atomic E-state index is -0.236. The van der Waals surface area contributed by atoms with Gasteiger partial charge in [-0.15, -0.1) is 0 Å². The second kappa shape index (κ2) is 7.27. The molecule has 0 spiro atoms. The van der Waals surface area contributed by atoms with Gasteiger partial charge in [-0.2, -0.15) is 0 Å². The van der Waals surface area contributed by atoms with E-state index < -0.39 is 0 Å². The van der Waals surface area contributed by atoms with E-state index in [0.717, 1.165) is 5.56 Å². The third-order valence-corrected chi connectivity index (χ3v) is 4.61. The van der Waals surface area contributed by atoms with E-state index in [1.54, 1.807) is 26.4 Å². The van der Waals surface area contributed by atoms with Gasteiger partial charge in [0.25, 0.3) is 0 Å². The van der Waals surface area contributed by atoms with Crippen LogP contribution in [0.1, 0.15) is 16.0 Å². The molecule has 0 radical (unpaired) electrons. The first-order chi connectivity index (χ1) is 10.1. The summed E-state index contributed by atoms with van der Waals surface area (Å²) >= 11 is 6.77. The Hall–Kier alpha value is -1.07. The van der Waals surface area contributed by atoms with Gasteiger partial charge >= 0.3 is 0 Å². The van der Waals surface area contributed by atoms with Crippen molar-refractivity contribution in [3.05, 3.63) is 57.8 Å². The second-order valence-corrected chi connectivity index (χ2v) is 6.46. The maximum atomic E-state index is 14.1. The summed E-state index contributed by atoms with van der Waals surface area (Å²) < 4.78 is 25.1. The van der Waals surface area contributed by atoms with Crippen LogP contribution in [0.25, 0.3) is 0 Å². The van der Waals surface area contributed by atoms with Crippen LogP contribution in [0, 0.1) is 5.82 Å². The zero-order valence-electron chi connectivity index (χ0n) is 11.7. The van der Waals surface area contributed by atoms with Crippen LogP contribution in [0.3, 0.4) is 0 Å². The summed E-state index contributed by atoms with van der Waals surface area (Å²) in [5.41, 5.74) is 1.66. The molecule has 0 aliphatic heterocycles. The van der Waals surface area contributed by atoms with E-state index in [4.69, 9.17) is 9.47 Å². The van der Waals surface area contributed by atoms with Crippen molar-refractivity contribution in [1.82, 2.24) is 0 Å². The van der Waals surface area contributed by atoms with Crippen molar-refractivity contribution in [2.24, 2.45) is 0 Å². The number of methoxy groups -OCH3 is 2. The Bertz CT molecular complexity index is 632. The van der Waals surface area contributed by atoms with Gasteiger partial charge in [0.15, 0.2) is 11.5 Å². The van der Waals surface area contributed by atoms with Crippen molar-refractivity contribution >= 4 is 31.9 Å². The summed E-state index contributed by atoms with van der Waals surface area (Å²) in [5, 5.41) is 0. The van der Waals surface area contributed by atoms with Gasteiger partial charge in [-0.05, 0) is 46.1 Å². The third kappa shape index (κ3) is 3.77. The van der Waals surface area contributed by atoms with Crippen molar-refractivity contribution in [1.29, 1.82) is 0 Å². The van der Waals surface area contributed by atoms with Crippen LogP contribution < -0.4 is 9.47 Å². The van der Waals surface area contributed by atoms with Gasteiger partial charge in [0.2, 0.25) is 0 Å². The number of benzene rings is 2.